The third kappa shape index (κ3) is 8.57. The molecule has 0 bridgehead atoms. The number of hydrogen-bond acceptors (Lipinski definition) is 9. The number of anilines is 2. The molecule has 0 aliphatic carbocycles. The Morgan fingerprint density at radius 1 is 1.04 bits per heavy atom. The maximum absolute atomic E-state index is 13.6. The van der Waals surface area contributed by atoms with Gasteiger partial charge in [-0.25, -0.2) is 14.4 Å². The van der Waals surface area contributed by atoms with Gasteiger partial charge in [0.05, 0.1) is 23.9 Å². The number of methoxy groups -OCH3 is 1. The van der Waals surface area contributed by atoms with E-state index in [4.69, 9.17) is 25.8 Å². The zero-order valence-electron chi connectivity index (χ0n) is 27.3. The monoisotopic (exact) mass is 715 g/mol. The molecule has 0 amide bonds. The van der Waals surface area contributed by atoms with Crippen molar-refractivity contribution >= 4 is 49.8 Å². The van der Waals surface area contributed by atoms with Crippen molar-refractivity contribution in [1.29, 1.82) is 0 Å². The SMILES string of the molecule is COc1cc2ncnc(Nc3ccc(OCc4cccc(F)c4)c(Cl)c3)c2cc1C1(CCCN(C=S(=O)=O)CCc2ccccn2)CC=CO1. The summed E-state index contributed by atoms with van der Waals surface area (Å²) in [5.74, 6) is 1.30. The van der Waals surface area contributed by atoms with Crippen LogP contribution in [0.5, 0.6) is 11.5 Å². The second-order valence-electron chi connectivity index (χ2n) is 11.7. The van der Waals surface area contributed by atoms with Crippen LogP contribution in [0.4, 0.5) is 15.9 Å². The Balaban J connectivity index is 1.21. The molecule has 5 aromatic rings. The summed E-state index contributed by atoms with van der Waals surface area (Å²) in [6.07, 6.45) is 9.31. The van der Waals surface area contributed by atoms with Crippen LogP contribution in [-0.2, 0) is 33.7 Å². The van der Waals surface area contributed by atoms with Gasteiger partial charge in [-0.15, -0.1) is 0 Å². The average molecular weight is 716 g/mol. The van der Waals surface area contributed by atoms with Crippen LogP contribution in [-0.4, -0.2) is 54.0 Å². The lowest BCUT2D eigenvalue weighted by Gasteiger charge is -2.32. The fraction of sp³-hybridized carbons (Fsp3) is 0.243. The van der Waals surface area contributed by atoms with E-state index in [1.165, 1.54) is 24.0 Å². The predicted molar refractivity (Wildman–Crippen MR) is 192 cm³/mol. The minimum absolute atomic E-state index is 0.170. The van der Waals surface area contributed by atoms with Crippen molar-refractivity contribution < 1.29 is 27.0 Å². The lowest BCUT2D eigenvalue weighted by atomic mass is 9.85. The highest BCUT2D eigenvalue weighted by molar-refractivity contribution is 7.71. The van der Waals surface area contributed by atoms with E-state index < -0.39 is 15.9 Å². The first-order chi connectivity index (χ1) is 24.3. The molecule has 1 unspecified atom stereocenters. The fourth-order valence-electron chi connectivity index (χ4n) is 5.97. The van der Waals surface area contributed by atoms with Crippen molar-refractivity contribution in [3.05, 3.63) is 125 Å². The summed E-state index contributed by atoms with van der Waals surface area (Å²) in [6, 6.07) is 21.1. The minimum atomic E-state index is -2.34. The van der Waals surface area contributed by atoms with Gasteiger partial charge in [0.1, 0.15) is 47.2 Å². The summed E-state index contributed by atoms with van der Waals surface area (Å²) in [6.45, 7) is 1.18. The Hall–Kier alpha value is -5.04. The van der Waals surface area contributed by atoms with E-state index in [1.807, 2.05) is 42.5 Å². The van der Waals surface area contributed by atoms with Crippen molar-refractivity contribution in [3.8, 4) is 11.5 Å². The van der Waals surface area contributed by atoms with Gasteiger partial charge in [-0.3, -0.25) is 9.88 Å². The maximum Gasteiger partial charge on any atom is 0.225 e. The first-order valence-corrected chi connectivity index (χ1v) is 17.5. The van der Waals surface area contributed by atoms with Crippen LogP contribution in [0.25, 0.3) is 10.9 Å². The lowest BCUT2D eigenvalue weighted by Crippen LogP contribution is -2.30. The van der Waals surface area contributed by atoms with Gasteiger partial charge in [0.2, 0.25) is 10.3 Å². The number of pyridine rings is 1. The molecule has 1 aliphatic heterocycles. The van der Waals surface area contributed by atoms with Gasteiger partial charge in [-0.2, -0.15) is 8.42 Å². The number of hydrogen-bond donors (Lipinski definition) is 1. The van der Waals surface area contributed by atoms with Crippen LogP contribution in [0.3, 0.4) is 0 Å². The Bertz CT molecular complexity index is 2120. The second-order valence-corrected chi connectivity index (χ2v) is 12.9. The Kier molecular flexibility index (Phi) is 11.2. The van der Waals surface area contributed by atoms with Crippen LogP contribution in [0, 0.1) is 5.82 Å². The van der Waals surface area contributed by atoms with E-state index in [0.29, 0.717) is 77.9 Å². The van der Waals surface area contributed by atoms with Gasteiger partial charge in [-0.1, -0.05) is 29.8 Å². The first-order valence-electron chi connectivity index (χ1n) is 16.0. The zero-order valence-corrected chi connectivity index (χ0v) is 28.8. The predicted octanol–water partition coefficient (Wildman–Crippen LogP) is 7.24. The molecule has 0 saturated carbocycles. The van der Waals surface area contributed by atoms with E-state index >= 15 is 0 Å². The summed E-state index contributed by atoms with van der Waals surface area (Å²) in [5.41, 5.74) is 4.23. The average Bonchev–Trinajstić information content (AvgIpc) is 3.60. The highest BCUT2D eigenvalue weighted by atomic mass is 35.5. The van der Waals surface area contributed by atoms with Crippen LogP contribution >= 0.6 is 11.6 Å². The molecule has 2 aromatic heterocycles. The number of nitrogens with zero attached hydrogens (tertiary/aromatic N) is 4. The van der Waals surface area contributed by atoms with E-state index in [-0.39, 0.29) is 12.4 Å². The summed E-state index contributed by atoms with van der Waals surface area (Å²) in [7, 11) is -0.731. The number of aromatic nitrogens is 3. The molecule has 0 fully saturated rings. The van der Waals surface area contributed by atoms with Gasteiger partial charge >= 0.3 is 0 Å². The highest BCUT2D eigenvalue weighted by Gasteiger charge is 2.38. The molecular weight excluding hydrogens is 681 g/mol. The van der Waals surface area contributed by atoms with Crippen molar-refractivity contribution in [2.24, 2.45) is 0 Å². The Labute approximate surface area is 296 Å². The van der Waals surface area contributed by atoms with Gasteiger partial charge < -0.3 is 19.5 Å². The molecule has 258 valence electrons. The maximum atomic E-state index is 13.6. The number of halogens is 2. The van der Waals surface area contributed by atoms with Crippen LogP contribution in [0.2, 0.25) is 5.02 Å². The number of nitrogens with one attached hydrogen (secondary N) is 1. The normalized spacial score (nSPS) is 15.2. The van der Waals surface area contributed by atoms with Crippen LogP contribution < -0.4 is 14.8 Å². The number of rotatable bonds is 15. The topological polar surface area (TPSA) is 116 Å². The van der Waals surface area contributed by atoms with Gasteiger partial charge in [-0.05, 0) is 73.0 Å². The number of benzene rings is 3. The summed E-state index contributed by atoms with van der Waals surface area (Å²) in [5, 5.41) is 4.48. The standard InChI is InChI=1S/C37H35ClFN5O5S/c1-47-35-22-33-30(36(42-24-41-33)43-29-10-11-34(32(38)20-29)48-23-26-7-4-8-27(39)19-26)21-31(35)37(14-6-18-49-37)13-5-16-44(25-50(45)46)17-12-28-9-2-3-15-40-28/h2-4,6-11,15,18-22,24-25H,5,12-14,16-17,23H2,1H3,(H,41,42,43). The molecule has 3 heterocycles. The van der Waals surface area contributed by atoms with Crippen molar-refractivity contribution in [2.45, 2.75) is 37.9 Å². The summed E-state index contributed by atoms with van der Waals surface area (Å²) in [4.78, 5) is 15.2. The Morgan fingerprint density at radius 3 is 2.68 bits per heavy atom. The van der Waals surface area contributed by atoms with Crippen LogP contribution in [0.15, 0.2) is 97.7 Å². The smallest absolute Gasteiger partial charge is 0.225 e. The molecule has 0 radical (unpaired) electrons. The minimum Gasteiger partial charge on any atom is -0.496 e. The summed E-state index contributed by atoms with van der Waals surface area (Å²) >= 11 is 6.58. The van der Waals surface area contributed by atoms with Crippen molar-refractivity contribution in [1.82, 2.24) is 19.9 Å². The molecule has 1 aliphatic rings. The molecule has 1 atom stereocenters. The lowest BCUT2D eigenvalue weighted by molar-refractivity contribution is 0.0271. The Morgan fingerprint density at radius 2 is 1.94 bits per heavy atom. The van der Waals surface area contributed by atoms with E-state index in [1.54, 1.807) is 48.7 Å². The zero-order chi connectivity index (χ0) is 34.9. The largest absolute Gasteiger partial charge is 0.496 e. The number of fused-ring (bicyclic) bond motifs is 1. The molecule has 3 aromatic carbocycles. The molecule has 6 rings (SSSR count). The molecule has 0 saturated heterocycles. The molecule has 1 N–H and O–H groups in total. The first kappa shape index (κ1) is 34.8. The van der Waals surface area contributed by atoms with Gasteiger partial charge in [0.25, 0.3) is 0 Å². The second kappa shape index (κ2) is 16.1. The fourth-order valence-corrected chi connectivity index (χ4v) is 6.66. The highest BCUT2D eigenvalue weighted by Crippen LogP contribution is 2.45. The third-order valence-corrected chi connectivity index (χ3v) is 9.17. The van der Waals surface area contributed by atoms with E-state index in [9.17, 15) is 12.8 Å². The van der Waals surface area contributed by atoms with Crippen molar-refractivity contribution in [2.75, 3.05) is 25.5 Å². The third-order valence-electron chi connectivity index (χ3n) is 8.41. The molecular formula is C37H35ClFN5O5S. The van der Waals surface area contributed by atoms with E-state index in [0.717, 1.165) is 16.6 Å². The van der Waals surface area contributed by atoms with Gasteiger partial charge in [0, 0.05) is 60.5 Å². The molecule has 0 spiro atoms. The molecule has 10 nitrogen and oxygen atoms in total. The van der Waals surface area contributed by atoms with Crippen LogP contribution in [0.1, 0.15) is 36.1 Å². The molecule has 50 heavy (non-hydrogen) atoms. The van der Waals surface area contributed by atoms with Crippen molar-refractivity contribution in [3.63, 3.8) is 0 Å². The van der Waals surface area contributed by atoms with Gasteiger partial charge in [0.15, 0.2) is 0 Å². The quantitative estimate of drug-likeness (QED) is 0.111. The number of ether oxygens (including phenoxy) is 3. The van der Waals surface area contributed by atoms with E-state index in [2.05, 4.69) is 20.3 Å². The molecule has 13 heteroatoms. The summed E-state index contributed by atoms with van der Waals surface area (Å²) < 4.78 is 54.8.